The van der Waals surface area contributed by atoms with E-state index in [-0.39, 0.29) is 46.5 Å². The Bertz CT molecular complexity index is 1740. The van der Waals surface area contributed by atoms with Gasteiger partial charge in [-0.3, -0.25) is 24.4 Å². The molecule has 8 nitrogen and oxygen atoms in total. The van der Waals surface area contributed by atoms with Crippen LogP contribution in [0.25, 0.3) is 5.57 Å². The molecular formula is C35H29NO7. The molecule has 1 heterocycles. The SMILES string of the molecule is COc1cccc([C@H]2C3=CC[C@@H]4C(=O)N(O)C(=O)[C@@H]4[C@@H]3C[C@H]3C(=O)C(c4ccccc4)=CC(=O)[C@@]23c2ccccc2)c1O. The number of allylic oxidation sites excluding steroid dienone is 4. The number of carbonyl (C=O) groups excluding carboxylic acids is 4. The highest BCUT2D eigenvalue weighted by atomic mass is 16.5. The van der Waals surface area contributed by atoms with Gasteiger partial charge in [0, 0.05) is 23.0 Å². The Labute approximate surface area is 247 Å². The molecule has 0 bridgehead atoms. The summed E-state index contributed by atoms with van der Waals surface area (Å²) in [6, 6.07) is 23.2. The zero-order valence-corrected chi connectivity index (χ0v) is 23.3. The zero-order valence-electron chi connectivity index (χ0n) is 23.3. The van der Waals surface area contributed by atoms with Gasteiger partial charge in [-0.05, 0) is 42.0 Å². The van der Waals surface area contributed by atoms with E-state index in [1.165, 1.54) is 13.2 Å². The predicted octanol–water partition coefficient (Wildman–Crippen LogP) is 4.61. The molecule has 3 aromatic rings. The third-order valence-electron chi connectivity index (χ3n) is 9.91. The number of para-hydroxylation sites is 1. The van der Waals surface area contributed by atoms with Gasteiger partial charge in [0.15, 0.2) is 23.1 Å². The molecule has 2 amide bonds. The van der Waals surface area contributed by atoms with E-state index in [4.69, 9.17) is 4.74 Å². The minimum atomic E-state index is -1.46. The Balaban J connectivity index is 1.55. The van der Waals surface area contributed by atoms with E-state index in [0.717, 1.165) is 0 Å². The molecule has 1 saturated heterocycles. The number of fused-ring (bicyclic) bond motifs is 4. The van der Waals surface area contributed by atoms with Crippen LogP contribution in [0.1, 0.15) is 35.4 Å². The quantitative estimate of drug-likeness (QED) is 0.265. The summed E-state index contributed by atoms with van der Waals surface area (Å²) < 4.78 is 5.45. The highest BCUT2D eigenvalue weighted by Gasteiger charge is 2.66. The average molecular weight is 576 g/mol. The summed E-state index contributed by atoms with van der Waals surface area (Å²) in [4.78, 5) is 55.8. The molecule has 0 radical (unpaired) electrons. The first kappa shape index (κ1) is 27.0. The van der Waals surface area contributed by atoms with Gasteiger partial charge in [-0.2, -0.15) is 5.06 Å². The number of hydrogen-bond donors (Lipinski definition) is 2. The second-order valence-corrected chi connectivity index (χ2v) is 11.7. The Kier molecular flexibility index (Phi) is 6.21. The number of phenols is 1. The highest BCUT2D eigenvalue weighted by molar-refractivity contribution is 6.31. The number of rotatable bonds is 4. The van der Waals surface area contributed by atoms with Crippen LogP contribution in [0.15, 0.2) is 96.6 Å². The first-order chi connectivity index (χ1) is 20.8. The number of hydrogen-bond acceptors (Lipinski definition) is 7. The molecule has 8 heteroatoms. The van der Waals surface area contributed by atoms with Gasteiger partial charge in [-0.25, -0.2) is 0 Å². The van der Waals surface area contributed by atoms with Crippen molar-refractivity contribution in [3.63, 3.8) is 0 Å². The summed E-state index contributed by atoms with van der Waals surface area (Å²) in [6.07, 6.45) is 3.60. The van der Waals surface area contributed by atoms with Crippen molar-refractivity contribution in [3.8, 4) is 11.5 Å². The smallest absolute Gasteiger partial charge is 0.257 e. The fourth-order valence-corrected chi connectivity index (χ4v) is 8.14. The lowest BCUT2D eigenvalue weighted by Crippen LogP contribution is -2.58. The molecule has 1 saturated carbocycles. The second kappa shape index (κ2) is 9.88. The van der Waals surface area contributed by atoms with Crippen molar-refractivity contribution in [2.24, 2.45) is 23.7 Å². The van der Waals surface area contributed by atoms with Crippen molar-refractivity contribution in [1.29, 1.82) is 0 Å². The van der Waals surface area contributed by atoms with Crippen LogP contribution in [0.3, 0.4) is 0 Å². The summed E-state index contributed by atoms with van der Waals surface area (Å²) in [7, 11) is 1.44. The Hall–Kier alpha value is -4.82. The second-order valence-electron chi connectivity index (χ2n) is 11.7. The topological polar surface area (TPSA) is 121 Å². The number of hydroxylamine groups is 2. The lowest BCUT2D eigenvalue weighted by Gasteiger charge is -2.55. The maximum absolute atomic E-state index is 14.9. The van der Waals surface area contributed by atoms with Crippen LogP contribution in [0.2, 0.25) is 0 Å². The average Bonchev–Trinajstić information content (AvgIpc) is 3.26. The van der Waals surface area contributed by atoms with E-state index < -0.39 is 46.8 Å². The number of amides is 2. The number of imide groups is 1. The van der Waals surface area contributed by atoms with E-state index in [0.29, 0.717) is 22.3 Å². The number of carbonyl (C=O) groups is 4. The van der Waals surface area contributed by atoms with Crippen LogP contribution in [0.4, 0.5) is 0 Å². The summed E-state index contributed by atoms with van der Waals surface area (Å²) in [5.74, 6) is -5.96. The van der Waals surface area contributed by atoms with Gasteiger partial charge in [-0.15, -0.1) is 0 Å². The van der Waals surface area contributed by atoms with Crippen LogP contribution in [0, 0.1) is 23.7 Å². The van der Waals surface area contributed by atoms with Crippen molar-refractivity contribution >= 4 is 29.0 Å². The molecular weight excluding hydrogens is 546 g/mol. The van der Waals surface area contributed by atoms with Crippen molar-refractivity contribution in [2.75, 3.05) is 7.11 Å². The monoisotopic (exact) mass is 575 g/mol. The van der Waals surface area contributed by atoms with Crippen LogP contribution >= 0.6 is 0 Å². The van der Waals surface area contributed by atoms with Crippen LogP contribution in [-0.4, -0.2) is 45.9 Å². The van der Waals surface area contributed by atoms with Crippen molar-refractivity contribution < 1.29 is 34.2 Å². The molecule has 4 aliphatic rings. The van der Waals surface area contributed by atoms with Crippen molar-refractivity contribution in [2.45, 2.75) is 24.2 Å². The molecule has 1 aliphatic heterocycles. The number of ketones is 2. The number of ether oxygens (including phenoxy) is 1. The summed E-state index contributed by atoms with van der Waals surface area (Å²) in [5, 5.41) is 22.1. The van der Waals surface area contributed by atoms with E-state index >= 15 is 0 Å². The number of aromatic hydroxyl groups is 1. The minimum absolute atomic E-state index is 0.116. The number of nitrogens with zero attached hydrogens (tertiary/aromatic N) is 1. The molecule has 43 heavy (non-hydrogen) atoms. The maximum Gasteiger partial charge on any atom is 0.257 e. The first-order valence-corrected chi connectivity index (χ1v) is 14.3. The molecule has 2 fully saturated rings. The lowest BCUT2D eigenvalue weighted by molar-refractivity contribution is -0.173. The summed E-state index contributed by atoms with van der Waals surface area (Å²) >= 11 is 0. The number of Topliss-reactive ketones (excluding diaryl/α,β-unsaturated/α-hetero) is 1. The van der Waals surface area contributed by atoms with Gasteiger partial charge in [0.2, 0.25) is 0 Å². The molecule has 3 aromatic carbocycles. The Morgan fingerprint density at radius 1 is 0.860 bits per heavy atom. The normalized spacial score (nSPS) is 29.8. The van der Waals surface area contributed by atoms with Gasteiger partial charge in [0.05, 0.1) is 24.4 Å². The molecule has 2 N–H and O–H groups in total. The predicted molar refractivity (Wildman–Crippen MR) is 155 cm³/mol. The zero-order chi connectivity index (χ0) is 30.0. The molecule has 0 unspecified atom stereocenters. The number of methoxy groups -OCH3 is 1. The maximum atomic E-state index is 14.9. The fourth-order valence-electron chi connectivity index (χ4n) is 8.14. The standard InChI is InChI=1S/C35H29NO7/c1-43-27-14-8-13-23(32(27)39)30-21-15-16-22-29(34(41)36(42)33(22)40)25(21)17-26-31(38)24(19-9-4-2-5-10-19)18-28(37)35(26,30)20-11-6-3-7-12-20/h2-15,18,22,25-26,29-30,39,42H,16-17H2,1H3/t22-,25+,26-,29-,30+,35-/m0/s1. The highest BCUT2D eigenvalue weighted by Crippen LogP contribution is 2.64. The molecule has 0 spiro atoms. The van der Waals surface area contributed by atoms with Crippen LogP contribution < -0.4 is 4.74 Å². The third-order valence-corrected chi connectivity index (χ3v) is 9.91. The largest absolute Gasteiger partial charge is 0.504 e. The number of benzene rings is 3. The van der Waals surface area contributed by atoms with Crippen molar-refractivity contribution in [1.82, 2.24) is 5.06 Å². The molecule has 0 aromatic heterocycles. The third kappa shape index (κ3) is 3.66. The molecule has 3 aliphatic carbocycles. The molecule has 7 rings (SSSR count). The van der Waals surface area contributed by atoms with Crippen LogP contribution in [-0.2, 0) is 24.6 Å². The van der Waals surface area contributed by atoms with E-state index in [1.54, 1.807) is 42.5 Å². The van der Waals surface area contributed by atoms with Gasteiger partial charge >= 0.3 is 0 Å². The summed E-state index contributed by atoms with van der Waals surface area (Å²) in [5.41, 5.74) is 1.14. The van der Waals surface area contributed by atoms with E-state index in [1.807, 2.05) is 42.5 Å². The van der Waals surface area contributed by atoms with Gasteiger partial charge in [-0.1, -0.05) is 84.4 Å². The summed E-state index contributed by atoms with van der Waals surface area (Å²) in [6.45, 7) is 0. The Morgan fingerprint density at radius 3 is 2.26 bits per heavy atom. The van der Waals surface area contributed by atoms with Crippen molar-refractivity contribution in [3.05, 3.63) is 113 Å². The molecule has 216 valence electrons. The minimum Gasteiger partial charge on any atom is -0.504 e. The fraction of sp³-hybridized carbons (Fsp3) is 0.257. The van der Waals surface area contributed by atoms with Gasteiger partial charge < -0.3 is 9.84 Å². The molecule has 6 atom stereocenters. The van der Waals surface area contributed by atoms with Gasteiger partial charge in [0.1, 0.15) is 0 Å². The Morgan fingerprint density at radius 2 is 1.56 bits per heavy atom. The van der Waals surface area contributed by atoms with E-state index in [9.17, 15) is 29.5 Å². The van der Waals surface area contributed by atoms with Gasteiger partial charge in [0.25, 0.3) is 11.8 Å². The van der Waals surface area contributed by atoms with Crippen LogP contribution in [0.5, 0.6) is 11.5 Å². The number of phenolic OH excluding ortho intramolecular Hbond substituents is 1. The lowest BCUT2D eigenvalue weighted by atomic mass is 9.44. The van der Waals surface area contributed by atoms with E-state index in [2.05, 4.69) is 0 Å². The first-order valence-electron chi connectivity index (χ1n) is 14.3.